The fourth-order valence-electron chi connectivity index (χ4n) is 2.50. The number of aryl methyl sites for hydroxylation is 1. The van der Waals surface area contributed by atoms with Crippen LogP contribution in [-0.2, 0) is 14.8 Å². The number of nitro benzene ring substituents is 1. The number of aromatic nitrogens is 1. The van der Waals surface area contributed by atoms with Gasteiger partial charge < -0.3 is 5.32 Å². The van der Waals surface area contributed by atoms with Gasteiger partial charge in [0.05, 0.1) is 21.4 Å². The van der Waals surface area contributed by atoms with E-state index in [4.69, 9.17) is 0 Å². The van der Waals surface area contributed by atoms with E-state index in [0.29, 0.717) is 29.4 Å². The molecular formula is C18H22N4O5S2. The molecule has 0 saturated carbocycles. The van der Waals surface area contributed by atoms with Crippen LogP contribution < -0.4 is 5.32 Å². The van der Waals surface area contributed by atoms with Gasteiger partial charge in [0.25, 0.3) is 5.69 Å². The molecule has 1 amide bonds. The number of amides is 1. The van der Waals surface area contributed by atoms with Gasteiger partial charge >= 0.3 is 0 Å². The molecule has 1 aromatic heterocycles. The zero-order chi connectivity index (χ0) is 21.6. The molecule has 0 radical (unpaired) electrons. The molecular weight excluding hydrogens is 416 g/mol. The van der Waals surface area contributed by atoms with E-state index in [1.54, 1.807) is 32.9 Å². The van der Waals surface area contributed by atoms with Crippen molar-refractivity contribution in [3.05, 3.63) is 52.2 Å². The fourth-order valence-corrected chi connectivity index (χ4v) is 4.55. The highest BCUT2D eigenvalue weighted by Gasteiger charge is 2.21. The Hall–Kier alpha value is -2.50. The zero-order valence-corrected chi connectivity index (χ0v) is 17.9. The van der Waals surface area contributed by atoms with Crippen molar-refractivity contribution in [2.75, 3.05) is 24.2 Å². The molecule has 11 heteroatoms. The Kier molecular flexibility index (Phi) is 7.71. The van der Waals surface area contributed by atoms with E-state index >= 15 is 0 Å². The normalized spacial score (nSPS) is 11.4. The van der Waals surface area contributed by atoms with E-state index in [1.165, 1.54) is 28.7 Å². The molecule has 0 bridgehead atoms. The second-order valence-corrected chi connectivity index (χ2v) is 8.95. The SMILES string of the molecule is CCN(CC)S(=O)(=O)c1ccc(SCC(=O)Nc2cc([N+](=O)[O-])ccc2C)nc1. The highest BCUT2D eigenvalue weighted by atomic mass is 32.2. The Balaban J connectivity index is 2.01. The molecule has 0 aliphatic rings. The molecule has 0 aliphatic carbocycles. The van der Waals surface area contributed by atoms with Crippen molar-refractivity contribution in [1.29, 1.82) is 0 Å². The molecule has 0 spiro atoms. The highest BCUT2D eigenvalue weighted by molar-refractivity contribution is 7.99. The van der Waals surface area contributed by atoms with Gasteiger partial charge in [-0.1, -0.05) is 31.7 Å². The average molecular weight is 439 g/mol. The number of benzene rings is 1. The molecule has 29 heavy (non-hydrogen) atoms. The van der Waals surface area contributed by atoms with E-state index < -0.39 is 14.9 Å². The summed E-state index contributed by atoms with van der Waals surface area (Å²) in [6.45, 7) is 6.00. The van der Waals surface area contributed by atoms with E-state index in [9.17, 15) is 23.3 Å². The van der Waals surface area contributed by atoms with Gasteiger partial charge in [0.2, 0.25) is 15.9 Å². The van der Waals surface area contributed by atoms with Gasteiger partial charge in [-0.2, -0.15) is 4.31 Å². The van der Waals surface area contributed by atoms with Crippen LogP contribution in [0.3, 0.4) is 0 Å². The van der Waals surface area contributed by atoms with Crippen molar-refractivity contribution < 1.29 is 18.1 Å². The first-order valence-electron chi connectivity index (χ1n) is 8.83. The van der Waals surface area contributed by atoms with Crippen molar-refractivity contribution in [3.63, 3.8) is 0 Å². The number of thioether (sulfide) groups is 1. The van der Waals surface area contributed by atoms with Crippen molar-refractivity contribution >= 4 is 39.1 Å². The monoisotopic (exact) mass is 438 g/mol. The standard InChI is InChI=1S/C18H22N4O5S2/c1-4-21(5-2)29(26,27)15-8-9-18(19-11-15)28-12-17(23)20-16-10-14(22(24)25)7-6-13(16)3/h6-11H,4-5,12H2,1-3H3,(H,20,23). The smallest absolute Gasteiger partial charge is 0.271 e. The Bertz CT molecular complexity index is 990. The minimum atomic E-state index is -3.58. The largest absolute Gasteiger partial charge is 0.325 e. The van der Waals surface area contributed by atoms with Gasteiger partial charge in [-0.05, 0) is 24.6 Å². The second-order valence-electron chi connectivity index (χ2n) is 6.01. The third kappa shape index (κ3) is 5.75. The summed E-state index contributed by atoms with van der Waals surface area (Å²) >= 11 is 1.14. The van der Waals surface area contributed by atoms with Crippen LogP contribution in [-0.4, -0.2) is 47.4 Å². The van der Waals surface area contributed by atoms with Crippen LogP contribution >= 0.6 is 11.8 Å². The van der Waals surface area contributed by atoms with Crippen LogP contribution in [0.5, 0.6) is 0 Å². The van der Waals surface area contributed by atoms with Crippen molar-refractivity contribution in [1.82, 2.24) is 9.29 Å². The number of rotatable bonds is 9. The molecule has 1 N–H and O–H groups in total. The average Bonchev–Trinajstić information content (AvgIpc) is 2.69. The van der Waals surface area contributed by atoms with Gasteiger partial charge in [-0.3, -0.25) is 14.9 Å². The van der Waals surface area contributed by atoms with Crippen molar-refractivity contribution in [3.8, 4) is 0 Å². The van der Waals surface area contributed by atoms with Crippen molar-refractivity contribution in [2.24, 2.45) is 0 Å². The molecule has 0 atom stereocenters. The summed E-state index contributed by atoms with van der Waals surface area (Å²) in [6, 6.07) is 7.26. The lowest BCUT2D eigenvalue weighted by atomic mass is 10.2. The van der Waals surface area contributed by atoms with Gasteiger partial charge in [-0.25, -0.2) is 13.4 Å². The summed E-state index contributed by atoms with van der Waals surface area (Å²) in [5.41, 5.74) is 0.974. The number of non-ortho nitro benzene ring substituents is 1. The number of nitrogens with one attached hydrogen (secondary N) is 1. The van der Waals surface area contributed by atoms with Crippen LogP contribution in [0.15, 0.2) is 46.5 Å². The Morgan fingerprint density at radius 2 is 1.93 bits per heavy atom. The summed E-state index contributed by atoms with van der Waals surface area (Å²) in [5, 5.41) is 14.0. The van der Waals surface area contributed by atoms with Crippen LogP contribution in [0.2, 0.25) is 0 Å². The van der Waals surface area contributed by atoms with Gasteiger partial charge in [-0.15, -0.1) is 0 Å². The number of sulfonamides is 1. The maximum absolute atomic E-state index is 12.4. The molecule has 2 aromatic rings. The number of hydrogen-bond donors (Lipinski definition) is 1. The molecule has 1 heterocycles. The predicted molar refractivity (Wildman–Crippen MR) is 112 cm³/mol. The Labute approximate surface area is 173 Å². The first kappa shape index (κ1) is 22.8. The lowest BCUT2D eigenvalue weighted by Crippen LogP contribution is -2.30. The molecule has 0 aliphatic heterocycles. The number of nitrogens with zero attached hydrogens (tertiary/aromatic N) is 3. The second kappa shape index (κ2) is 9.81. The van der Waals surface area contributed by atoms with E-state index in [2.05, 4.69) is 10.3 Å². The number of pyridine rings is 1. The molecule has 0 saturated heterocycles. The minimum Gasteiger partial charge on any atom is -0.325 e. The quantitative estimate of drug-likeness (QED) is 0.363. The molecule has 2 rings (SSSR count). The molecule has 9 nitrogen and oxygen atoms in total. The summed E-state index contributed by atoms with van der Waals surface area (Å²) in [7, 11) is -3.58. The van der Waals surface area contributed by atoms with E-state index in [-0.39, 0.29) is 22.2 Å². The maximum atomic E-state index is 12.4. The highest BCUT2D eigenvalue weighted by Crippen LogP contribution is 2.23. The number of carbonyl (C=O) groups is 1. The van der Waals surface area contributed by atoms with Crippen LogP contribution in [0, 0.1) is 17.0 Å². The predicted octanol–water partition coefficient (Wildman–Crippen LogP) is 3.06. The Morgan fingerprint density at radius 1 is 1.24 bits per heavy atom. The third-order valence-electron chi connectivity index (χ3n) is 4.11. The van der Waals surface area contributed by atoms with Crippen LogP contribution in [0.4, 0.5) is 11.4 Å². The maximum Gasteiger partial charge on any atom is 0.271 e. The number of nitro groups is 1. The summed E-state index contributed by atoms with van der Waals surface area (Å²) < 4.78 is 26.2. The van der Waals surface area contributed by atoms with Gasteiger partial charge in [0.1, 0.15) is 4.90 Å². The first-order valence-corrected chi connectivity index (χ1v) is 11.3. The number of hydrogen-bond acceptors (Lipinski definition) is 7. The molecule has 0 fully saturated rings. The fraction of sp³-hybridized carbons (Fsp3) is 0.333. The molecule has 1 aromatic carbocycles. The molecule has 156 valence electrons. The summed E-state index contributed by atoms with van der Waals surface area (Å²) in [4.78, 5) is 26.7. The number of carbonyl (C=O) groups excluding carboxylic acids is 1. The third-order valence-corrected chi connectivity index (χ3v) is 7.09. The summed E-state index contributed by atoms with van der Waals surface area (Å²) in [5.74, 6) is -0.322. The van der Waals surface area contributed by atoms with Crippen molar-refractivity contribution in [2.45, 2.75) is 30.7 Å². The zero-order valence-electron chi connectivity index (χ0n) is 16.3. The van der Waals surface area contributed by atoms with Gasteiger partial charge in [0, 0.05) is 31.4 Å². The first-order chi connectivity index (χ1) is 13.7. The minimum absolute atomic E-state index is 0.0251. The van der Waals surface area contributed by atoms with Gasteiger partial charge in [0.15, 0.2) is 0 Å². The lowest BCUT2D eigenvalue weighted by Gasteiger charge is -2.18. The van der Waals surface area contributed by atoms with E-state index in [1.807, 2.05) is 0 Å². The van der Waals surface area contributed by atoms with E-state index in [0.717, 1.165) is 11.8 Å². The topological polar surface area (TPSA) is 123 Å². The molecule has 0 unspecified atom stereocenters. The number of anilines is 1. The summed E-state index contributed by atoms with van der Waals surface area (Å²) in [6.07, 6.45) is 1.28. The van der Waals surface area contributed by atoms with Crippen LogP contribution in [0.25, 0.3) is 0 Å². The van der Waals surface area contributed by atoms with Crippen LogP contribution in [0.1, 0.15) is 19.4 Å². The Morgan fingerprint density at radius 3 is 2.48 bits per heavy atom. The lowest BCUT2D eigenvalue weighted by molar-refractivity contribution is -0.384.